The minimum absolute atomic E-state index is 0.0388. The van der Waals surface area contributed by atoms with Crippen LogP contribution in [-0.2, 0) is 0 Å². The van der Waals surface area contributed by atoms with Crippen molar-refractivity contribution in [3.05, 3.63) is 33.8 Å². The number of carbonyl (C=O) groups is 1. The van der Waals surface area contributed by atoms with Crippen LogP contribution in [0, 0.1) is 11.8 Å². The van der Waals surface area contributed by atoms with Gasteiger partial charge in [0.15, 0.2) is 0 Å². The summed E-state index contributed by atoms with van der Waals surface area (Å²) in [6.07, 6.45) is 4.74. The zero-order valence-electron chi connectivity index (χ0n) is 12.8. The Labute approximate surface area is 142 Å². The summed E-state index contributed by atoms with van der Waals surface area (Å²) in [5.41, 5.74) is 0.587. The van der Waals surface area contributed by atoms with Crippen molar-refractivity contribution >= 4 is 29.1 Å². The third kappa shape index (κ3) is 3.42. The third-order valence-corrected chi connectivity index (χ3v) is 5.84. The highest BCUT2D eigenvalue weighted by atomic mass is 35.5. The van der Waals surface area contributed by atoms with Gasteiger partial charge < -0.3 is 10.2 Å². The number of piperidine rings is 1. The number of fused-ring (bicyclic) bond motifs is 1. The van der Waals surface area contributed by atoms with Crippen LogP contribution in [0.15, 0.2) is 18.2 Å². The lowest BCUT2D eigenvalue weighted by Crippen LogP contribution is -2.51. The number of nitrogens with zero attached hydrogens (tertiary/aromatic N) is 1. The number of nitrogens with one attached hydrogen (secondary N) is 1. The molecule has 120 valence electrons. The number of amides is 1. The highest BCUT2D eigenvalue weighted by molar-refractivity contribution is 6.42. The molecule has 1 amide bonds. The largest absolute Gasteiger partial charge is 0.349 e. The minimum Gasteiger partial charge on any atom is -0.349 e. The molecule has 0 spiro atoms. The molecular formula is C17H22Cl2N2O. The Bertz CT molecular complexity index is 564. The van der Waals surface area contributed by atoms with Crippen LogP contribution in [0.2, 0.25) is 10.0 Å². The Morgan fingerprint density at radius 3 is 2.82 bits per heavy atom. The highest BCUT2D eigenvalue weighted by Gasteiger charge is 2.37. The number of halogens is 2. The zero-order valence-corrected chi connectivity index (χ0v) is 14.3. The van der Waals surface area contributed by atoms with Gasteiger partial charge >= 0.3 is 0 Å². The number of rotatable bonds is 2. The lowest BCUT2D eigenvalue weighted by atomic mass is 9.72. The van der Waals surface area contributed by atoms with E-state index in [9.17, 15) is 4.79 Å². The predicted octanol–water partition coefficient (Wildman–Crippen LogP) is 3.84. The second kappa shape index (κ2) is 6.77. The van der Waals surface area contributed by atoms with Crippen LogP contribution in [0.1, 0.15) is 36.0 Å². The lowest BCUT2D eigenvalue weighted by Gasteiger charge is -2.44. The molecule has 3 nitrogen and oxygen atoms in total. The maximum absolute atomic E-state index is 12.5. The average molecular weight is 341 g/mol. The fourth-order valence-electron chi connectivity index (χ4n) is 3.95. The minimum atomic E-state index is -0.0388. The molecule has 2 aliphatic rings. The SMILES string of the molecule is CN1CC[C@H]2C(NC(=O)c3ccc(Cl)c(Cl)c3)CCC[C@@H]2C1. The van der Waals surface area contributed by atoms with Crippen molar-refractivity contribution in [2.24, 2.45) is 11.8 Å². The van der Waals surface area contributed by atoms with E-state index in [0.717, 1.165) is 19.5 Å². The summed E-state index contributed by atoms with van der Waals surface area (Å²) >= 11 is 11.9. The molecule has 22 heavy (non-hydrogen) atoms. The molecule has 1 aromatic rings. The molecule has 1 saturated carbocycles. The Morgan fingerprint density at radius 2 is 2.05 bits per heavy atom. The van der Waals surface area contributed by atoms with Gasteiger partial charge in [0, 0.05) is 18.2 Å². The Balaban J connectivity index is 1.68. The average Bonchev–Trinajstić information content (AvgIpc) is 2.50. The molecule has 1 aromatic carbocycles. The van der Waals surface area contributed by atoms with Gasteiger partial charge in [-0.2, -0.15) is 0 Å². The van der Waals surface area contributed by atoms with Crippen molar-refractivity contribution in [3.8, 4) is 0 Å². The van der Waals surface area contributed by atoms with Crippen molar-refractivity contribution in [1.29, 1.82) is 0 Å². The second-order valence-corrected chi connectivity index (χ2v) is 7.43. The van der Waals surface area contributed by atoms with E-state index in [1.807, 2.05) is 0 Å². The molecule has 1 aliphatic heterocycles. The molecule has 3 atom stereocenters. The van der Waals surface area contributed by atoms with Gasteiger partial charge in [0.1, 0.15) is 0 Å². The van der Waals surface area contributed by atoms with Crippen LogP contribution < -0.4 is 5.32 Å². The van der Waals surface area contributed by atoms with Crippen LogP contribution in [0.25, 0.3) is 0 Å². The predicted molar refractivity (Wildman–Crippen MR) is 90.7 cm³/mol. The maximum Gasteiger partial charge on any atom is 0.251 e. The van der Waals surface area contributed by atoms with E-state index >= 15 is 0 Å². The van der Waals surface area contributed by atoms with Crippen molar-refractivity contribution < 1.29 is 4.79 Å². The van der Waals surface area contributed by atoms with E-state index in [0.29, 0.717) is 27.4 Å². The summed E-state index contributed by atoms with van der Waals surface area (Å²) in [6.45, 7) is 2.28. The van der Waals surface area contributed by atoms with Crippen molar-refractivity contribution in [2.45, 2.75) is 31.7 Å². The molecule has 2 fully saturated rings. The monoisotopic (exact) mass is 340 g/mol. The molecular weight excluding hydrogens is 319 g/mol. The molecule has 3 rings (SSSR count). The molecule has 1 N–H and O–H groups in total. The van der Waals surface area contributed by atoms with Crippen molar-refractivity contribution in [3.63, 3.8) is 0 Å². The van der Waals surface area contributed by atoms with Gasteiger partial charge in [-0.25, -0.2) is 0 Å². The summed E-state index contributed by atoms with van der Waals surface area (Å²) in [7, 11) is 2.19. The van der Waals surface area contributed by atoms with Crippen LogP contribution in [0.5, 0.6) is 0 Å². The second-order valence-electron chi connectivity index (χ2n) is 6.61. The van der Waals surface area contributed by atoms with Gasteiger partial charge in [0.05, 0.1) is 10.0 Å². The molecule has 0 bridgehead atoms. The van der Waals surface area contributed by atoms with E-state index in [1.54, 1.807) is 18.2 Å². The van der Waals surface area contributed by atoms with Gasteiger partial charge in [0.2, 0.25) is 0 Å². The van der Waals surface area contributed by atoms with E-state index in [-0.39, 0.29) is 11.9 Å². The summed E-state index contributed by atoms with van der Waals surface area (Å²) in [6, 6.07) is 5.35. The highest BCUT2D eigenvalue weighted by Crippen LogP contribution is 2.36. The first-order chi connectivity index (χ1) is 10.5. The van der Waals surface area contributed by atoms with Crippen LogP contribution in [0.4, 0.5) is 0 Å². The quantitative estimate of drug-likeness (QED) is 0.886. The number of carbonyl (C=O) groups excluding carboxylic acids is 1. The van der Waals surface area contributed by atoms with Crippen molar-refractivity contribution in [2.75, 3.05) is 20.1 Å². The smallest absolute Gasteiger partial charge is 0.251 e. The normalized spacial score (nSPS) is 29.0. The summed E-state index contributed by atoms with van der Waals surface area (Å²) in [4.78, 5) is 14.9. The standard InChI is InChI=1S/C17H22Cl2N2O/c1-21-8-7-13-12(10-21)3-2-4-16(13)20-17(22)11-5-6-14(18)15(19)9-11/h5-6,9,12-13,16H,2-4,7-8,10H2,1H3,(H,20,22)/t12-,13-,16?/m1/s1. The van der Waals surface area contributed by atoms with Gasteiger partial charge in [-0.15, -0.1) is 0 Å². The molecule has 5 heteroatoms. The molecule has 1 aliphatic carbocycles. The first-order valence-corrected chi connectivity index (χ1v) is 8.74. The lowest BCUT2D eigenvalue weighted by molar-refractivity contribution is 0.0661. The van der Waals surface area contributed by atoms with E-state index < -0.39 is 0 Å². The van der Waals surface area contributed by atoms with Crippen LogP contribution in [-0.4, -0.2) is 37.0 Å². The van der Waals surface area contributed by atoms with Gasteiger partial charge in [0.25, 0.3) is 5.91 Å². The molecule has 1 unspecified atom stereocenters. The summed E-state index contributed by atoms with van der Waals surface area (Å²) < 4.78 is 0. The number of hydrogen-bond donors (Lipinski definition) is 1. The number of hydrogen-bond acceptors (Lipinski definition) is 2. The van der Waals surface area contributed by atoms with E-state index in [2.05, 4.69) is 17.3 Å². The van der Waals surface area contributed by atoms with Crippen molar-refractivity contribution in [1.82, 2.24) is 10.2 Å². The molecule has 1 saturated heterocycles. The number of benzene rings is 1. The summed E-state index contributed by atoms with van der Waals surface area (Å²) in [5.74, 6) is 1.28. The van der Waals surface area contributed by atoms with E-state index in [4.69, 9.17) is 23.2 Å². The topological polar surface area (TPSA) is 32.3 Å². The van der Waals surface area contributed by atoms with Gasteiger partial charge in [-0.05, 0) is 62.9 Å². The zero-order chi connectivity index (χ0) is 15.7. The third-order valence-electron chi connectivity index (χ3n) is 5.10. The summed E-state index contributed by atoms with van der Waals surface area (Å²) in [5, 5.41) is 4.14. The van der Waals surface area contributed by atoms with Gasteiger partial charge in [-0.3, -0.25) is 4.79 Å². The fourth-order valence-corrected chi connectivity index (χ4v) is 4.25. The first-order valence-electron chi connectivity index (χ1n) is 7.99. The molecule has 0 radical (unpaired) electrons. The Kier molecular flexibility index (Phi) is 4.96. The Hall–Kier alpha value is -0.770. The number of likely N-dealkylation sites (tertiary alicyclic amines) is 1. The van der Waals surface area contributed by atoms with E-state index in [1.165, 1.54) is 19.3 Å². The van der Waals surface area contributed by atoms with Crippen LogP contribution >= 0.6 is 23.2 Å². The van der Waals surface area contributed by atoms with Crippen LogP contribution in [0.3, 0.4) is 0 Å². The van der Waals surface area contributed by atoms with Gasteiger partial charge in [-0.1, -0.05) is 29.6 Å². The molecule has 1 heterocycles. The molecule has 0 aromatic heterocycles. The fraction of sp³-hybridized carbons (Fsp3) is 0.588. The first kappa shape index (κ1) is 16.1. The maximum atomic E-state index is 12.5. The Morgan fingerprint density at radius 1 is 1.23 bits per heavy atom.